The third-order valence-electron chi connectivity index (χ3n) is 4.37. The number of benzene rings is 2. The van der Waals surface area contributed by atoms with Crippen molar-refractivity contribution in [3.63, 3.8) is 0 Å². The van der Waals surface area contributed by atoms with Gasteiger partial charge in [0.25, 0.3) is 5.91 Å². The van der Waals surface area contributed by atoms with E-state index in [0.29, 0.717) is 12.1 Å². The molecule has 3 rings (SSSR count). The van der Waals surface area contributed by atoms with Gasteiger partial charge in [-0.05, 0) is 54.1 Å². The van der Waals surface area contributed by atoms with Gasteiger partial charge in [0.1, 0.15) is 5.82 Å². The van der Waals surface area contributed by atoms with E-state index in [1.807, 2.05) is 0 Å². The molecule has 1 amide bonds. The summed E-state index contributed by atoms with van der Waals surface area (Å²) in [7, 11) is 0. The van der Waals surface area contributed by atoms with Gasteiger partial charge in [-0.1, -0.05) is 12.1 Å². The molecule has 1 N–H and O–H groups in total. The van der Waals surface area contributed by atoms with E-state index in [9.17, 15) is 35.5 Å². The van der Waals surface area contributed by atoms with Crippen molar-refractivity contribution in [2.24, 2.45) is 0 Å². The molecule has 0 saturated carbocycles. The summed E-state index contributed by atoms with van der Waals surface area (Å²) in [4.78, 5) is 16.3. The molecule has 0 fully saturated rings. The number of carbonyl (C=O) groups excluding carboxylic acids is 1. The second kappa shape index (κ2) is 8.37. The number of aromatic nitrogens is 1. The van der Waals surface area contributed by atoms with E-state index in [-0.39, 0.29) is 11.1 Å². The molecule has 0 aliphatic rings. The molecule has 1 unspecified atom stereocenters. The van der Waals surface area contributed by atoms with Crippen LogP contribution in [0.25, 0.3) is 0 Å². The Kier molecular flexibility index (Phi) is 6.01. The number of nitrogens with zero attached hydrogens (tertiary/aromatic N) is 1. The fraction of sp³-hybridized carbons (Fsp3) is 0.143. The maximum absolute atomic E-state index is 13.5. The average molecular weight is 442 g/mol. The largest absolute Gasteiger partial charge is 0.418 e. The minimum atomic E-state index is -4.83. The average Bonchev–Trinajstić information content (AvgIpc) is 2.71. The molecule has 3 aromatic rings. The Morgan fingerprint density at radius 1 is 0.839 bits per heavy atom. The van der Waals surface area contributed by atoms with Gasteiger partial charge < -0.3 is 5.32 Å². The number of nitrogens with one attached hydrogen (secondary N) is 1. The standard InChI is InChI=1S/C21H13F7N2O/c22-15-9-5-13(6-10-15)19(31)30-17(12-3-7-14(8-4-12)20(23,24)25)18-16(21(26,27)28)2-1-11-29-18/h1-11,17H,(H,30,31). The van der Waals surface area contributed by atoms with E-state index >= 15 is 0 Å². The van der Waals surface area contributed by atoms with Crippen LogP contribution in [0.3, 0.4) is 0 Å². The Hall–Kier alpha value is -3.43. The number of hydrogen-bond acceptors (Lipinski definition) is 2. The highest BCUT2D eigenvalue weighted by Gasteiger charge is 2.37. The molecule has 1 aromatic heterocycles. The fourth-order valence-electron chi connectivity index (χ4n) is 2.88. The normalized spacial score (nSPS) is 13.0. The molecule has 10 heteroatoms. The summed E-state index contributed by atoms with van der Waals surface area (Å²) in [5.74, 6) is -1.48. The SMILES string of the molecule is O=C(NC(c1ccc(C(F)(F)F)cc1)c1ncccc1C(F)(F)F)c1ccc(F)cc1. The van der Waals surface area contributed by atoms with Crippen molar-refractivity contribution in [1.29, 1.82) is 0 Å². The van der Waals surface area contributed by atoms with Gasteiger partial charge in [-0.2, -0.15) is 26.3 Å². The zero-order valence-electron chi connectivity index (χ0n) is 15.4. The molecular weight excluding hydrogens is 429 g/mol. The van der Waals surface area contributed by atoms with Crippen molar-refractivity contribution < 1.29 is 35.5 Å². The summed E-state index contributed by atoms with van der Waals surface area (Å²) < 4.78 is 92.2. The molecule has 0 saturated heterocycles. The van der Waals surface area contributed by atoms with Crippen molar-refractivity contribution in [3.05, 3.63) is 101 Å². The van der Waals surface area contributed by atoms with Crippen LogP contribution in [0.15, 0.2) is 66.9 Å². The lowest BCUT2D eigenvalue weighted by Crippen LogP contribution is -2.31. The van der Waals surface area contributed by atoms with Crippen LogP contribution in [0.2, 0.25) is 0 Å². The summed E-state index contributed by atoms with van der Waals surface area (Å²) in [6.07, 6.45) is -8.40. The van der Waals surface area contributed by atoms with Gasteiger partial charge in [0.15, 0.2) is 0 Å². The van der Waals surface area contributed by atoms with Gasteiger partial charge in [0.05, 0.1) is 22.9 Å². The van der Waals surface area contributed by atoms with Crippen LogP contribution in [0, 0.1) is 5.82 Å². The molecule has 1 heterocycles. The Morgan fingerprint density at radius 2 is 1.45 bits per heavy atom. The monoisotopic (exact) mass is 442 g/mol. The quantitative estimate of drug-likeness (QED) is 0.521. The van der Waals surface area contributed by atoms with E-state index < -0.39 is 46.9 Å². The van der Waals surface area contributed by atoms with E-state index in [4.69, 9.17) is 0 Å². The molecular formula is C21H13F7N2O. The number of hydrogen-bond donors (Lipinski definition) is 1. The number of pyridine rings is 1. The fourth-order valence-corrected chi connectivity index (χ4v) is 2.88. The molecule has 0 aliphatic heterocycles. The minimum Gasteiger partial charge on any atom is -0.340 e. The summed E-state index contributed by atoms with van der Waals surface area (Å²) in [5, 5.41) is 2.35. The van der Waals surface area contributed by atoms with Gasteiger partial charge in [0, 0.05) is 11.8 Å². The van der Waals surface area contributed by atoms with Crippen molar-refractivity contribution >= 4 is 5.91 Å². The first-order valence-corrected chi connectivity index (χ1v) is 8.72. The van der Waals surface area contributed by atoms with Crippen molar-refractivity contribution in [2.45, 2.75) is 18.4 Å². The van der Waals surface area contributed by atoms with Crippen LogP contribution >= 0.6 is 0 Å². The van der Waals surface area contributed by atoms with Gasteiger partial charge in [0.2, 0.25) is 0 Å². The zero-order chi connectivity index (χ0) is 22.8. The Labute approximate surface area is 171 Å². The predicted molar refractivity (Wildman–Crippen MR) is 96.4 cm³/mol. The van der Waals surface area contributed by atoms with Gasteiger partial charge in [-0.15, -0.1) is 0 Å². The van der Waals surface area contributed by atoms with Crippen LogP contribution in [0.1, 0.15) is 38.8 Å². The maximum atomic E-state index is 13.5. The molecule has 2 aromatic carbocycles. The molecule has 0 bridgehead atoms. The van der Waals surface area contributed by atoms with Gasteiger partial charge in [-0.25, -0.2) is 4.39 Å². The van der Waals surface area contributed by atoms with Crippen molar-refractivity contribution in [1.82, 2.24) is 10.3 Å². The summed E-state index contributed by atoms with van der Waals surface area (Å²) in [6, 6.07) is 7.84. The smallest absolute Gasteiger partial charge is 0.340 e. The van der Waals surface area contributed by atoms with Crippen LogP contribution in [-0.4, -0.2) is 10.9 Å². The number of halogens is 7. The molecule has 1 atom stereocenters. The first-order chi connectivity index (χ1) is 14.5. The third kappa shape index (κ3) is 5.19. The third-order valence-corrected chi connectivity index (χ3v) is 4.37. The molecule has 162 valence electrons. The summed E-state index contributed by atoms with van der Waals surface area (Å²) in [5.41, 5.74) is -2.85. The van der Waals surface area contributed by atoms with Crippen molar-refractivity contribution in [2.75, 3.05) is 0 Å². The Bertz CT molecular complexity index is 1060. The molecule has 0 spiro atoms. The van der Waals surface area contributed by atoms with E-state index in [1.165, 1.54) is 0 Å². The number of alkyl halides is 6. The molecule has 0 aliphatic carbocycles. The number of rotatable bonds is 4. The lowest BCUT2D eigenvalue weighted by Gasteiger charge is -2.23. The van der Waals surface area contributed by atoms with Crippen LogP contribution in [0.5, 0.6) is 0 Å². The lowest BCUT2D eigenvalue weighted by atomic mass is 9.97. The van der Waals surface area contributed by atoms with E-state index in [2.05, 4.69) is 10.3 Å². The number of amides is 1. The van der Waals surface area contributed by atoms with E-state index in [1.54, 1.807) is 0 Å². The predicted octanol–water partition coefficient (Wildman–Crippen LogP) is 5.78. The second-order valence-electron chi connectivity index (χ2n) is 6.47. The van der Waals surface area contributed by atoms with Gasteiger partial charge in [-0.3, -0.25) is 9.78 Å². The molecule has 3 nitrogen and oxygen atoms in total. The number of carbonyl (C=O) groups is 1. The molecule has 0 radical (unpaired) electrons. The van der Waals surface area contributed by atoms with E-state index in [0.717, 1.165) is 54.7 Å². The van der Waals surface area contributed by atoms with Crippen molar-refractivity contribution in [3.8, 4) is 0 Å². The highest BCUT2D eigenvalue weighted by molar-refractivity contribution is 5.94. The lowest BCUT2D eigenvalue weighted by molar-refractivity contribution is -0.139. The maximum Gasteiger partial charge on any atom is 0.418 e. The zero-order valence-corrected chi connectivity index (χ0v) is 15.4. The van der Waals surface area contributed by atoms with Crippen LogP contribution < -0.4 is 5.32 Å². The summed E-state index contributed by atoms with van der Waals surface area (Å²) >= 11 is 0. The molecule has 31 heavy (non-hydrogen) atoms. The minimum absolute atomic E-state index is 0.0485. The highest BCUT2D eigenvalue weighted by Crippen LogP contribution is 2.36. The highest BCUT2D eigenvalue weighted by atomic mass is 19.4. The summed E-state index contributed by atoms with van der Waals surface area (Å²) in [6.45, 7) is 0. The van der Waals surface area contributed by atoms with Crippen LogP contribution in [0.4, 0.5) is 30.7 Å². The van der Waals surface area contributed by atoms with Crippen LogP contribution in [-0.2, 0) is 12.4 Å². The first-order valence-electron chi connectivity index (χ1n) is 8.72. The first kappa shape index (κ1) is 22.3. The Morgan fingerprint density at radius 3 is 2.00 bits per heavy atom. The topological polar surface area (TPSA) is 42.0 Å². The Balaban J connectivity index is 2.07. The van der Waals surface area contributed by atoms with Gasteiger partial charge >= 0.3 is 12.4 Å². The second-order valence-corrected chi connectivity index (χ2v) is 6.47.